The van der Waals surface area contributed by atoms with E-state index >= 15 is 0 Å². The van der Waals surface area contributed by atoms with Gasteiger partial charge in [-0.25, -0.2) is 9.18 Å². The first-order chi connectivity index (χ1) is 14.5. The summed E-state index contributed by atoms with van der Waals surface area (Å²) in [6, 6.07) is 7.01. The zero-order chi connectivity index (χ0) is 20.7. The fourth-order valence-corrected chi connectivity index (χ4v) is 7.26. The van der Waals surface area contributed by atoms with Crippen LogP contribution in [0.25, 0.3) is 0 Å². The molecule has 2 amide bonds. The molecule has 5 fully saturated rings. The molecule has 1 heterocycles. The third-order valence-electron chi connectivity index (χ3n) is 8.38. The lowest BCUT2D eigenvalue weighted by Gasteiger charge is -2.57. The van der Waals surface area contributed by atoms with Crippen LogP contribution >= 0.6 is 0 Å². The Hall–Kier alpha value is -1.62. The molecule has 0 unspecified atom stereocenters. The highest BCUT2D eigenvalue weighted by atomic mass is 19.1. The standard InChI is InChI=1S/C25H36FN3O/c1-2-28-9-7-23(8-10-28)29(17-18-3-5-22(26)6-4-18)24(30)27-25-14-19-11-20(15-25)13-21(12-19)16-25/h3-6,19-21,23H,2,7-17H2,1H3,(H,27,30). The van der Waals surface area contributed by atoms with E-state index < -0.39 is 0 Å². The van der Waals surface area contributed by atoms with Gasteiger partial charge in [0.1, 0.15) is 5.82 Å². The number of benzene rings is 1. The Morgan fingerprint density at radius 3 is 2.17 bits per heavy atom. The Bertz CT molecular complexity index is 721. The maximum atomic E-state index is 13.7. The number of hydrogen-bond donors (Lipinski definition) is 1. The first-order valence-corrected chi connectivity index (χ1v) is 12.1. The van der Waals surface area contributed by atoms with Crippen LogP contribution in [0.15, 0.2) is 24.3 Å². The first kappa shape index (κ1) is 20.3. The maximum absolute atomic E-state index is 13.7. The Morgan fingerprint density at radius 1 is 1.07 bits per heavy atom. The van der Waals surface area contributed by atoms with Crippen LogP contribution in [0.2, 0.25) is 0 Å². The molecule has 0 aromatic heterocycles. The fraction of sp³-hybridized carbons (Fsp3) is 0.720. The second kappa shape index (κ2) is 8.14. The van der Waals surface area contributed by atoms with Crippen molar-refractivity contribution >= 4 is 6.03 Å². The van der Waals surface area contributed by atoms with Crippen molar-refractivity contribution in [1.29, 1.82) is 0 Å². The predicted octanol–water partition coefficient (Wildman–Crippen LogP) is 4.79. The van der Waals surface area contributed by atoms with Gasteiger partial charge >= 0.3 is 6.03 Å². The van der Waals surface area contributed by atoms with Gasteiger partial charge in [0.15, 0.2) is 0 Å². The third kappa shape index (κ3) is 4.10. The van der Waals surface area contributed by atoms with Gasteiger partial charge in [0, 0.05) is 31.2 Å². The molecule has 0 radical (unpaired) electrons. The molecule has 1 saturated heterocycles. The summed E-state index contributed by atoms with van der Waals surface area (Å²) in [7, 11) is 0. The monoisotopic (exact) mass is 413 g/mol. The van der Waals surface area contributed by atoms with Crippen molar-refractivity contribution < 1.29 is 9.18 Å². The minimum atomic E-state index is -0.223. The summed E-state index contributed by atoms with van der Waals surface area (Å²) in [4.78, 5) is 18.2. The molecule has 0 atom stereocenters. The molecule has 164 valence electrons. The van der Waals surface area contributed by atoms with Crippen LogP contribution in [0, 0.1) is 23.6 Å². The molecule has 4 aliphatic carbocycles. The number of piperidine rings is 1. The Morgan fingerprint density at radius 2 is 1.63 bits per heavy atom. The lowest BCUT2D eigenvalue weighted by molar-refractivity contribution is -0.0173. The quantitative estimate of drug-likeness (QED) is 0.753. The van der Waals surface area contributed by atoms with Gasteiger partial charge in [0.25, 0.3) is 0 Å². The maximum Gasteiger partial charge on any atom is 0.318 e. The van der Waals surface area contributed by atoms with E-state index in [1.807, 2.05) is 12.1 Å². The number of carbonyl (C=O) groups is 1. The zero-order valence-electron chi connectivity index (χ0n) is 18.3. The SMILES string of the molecule is CCN1CCC(N(Cc2ccc(F)cc2)C(=O)NC23CC4CC(CC(C4)C2)C3)CC1. The van der Waals surface area contributed by atoms with Gasteiger partial charge in [-0.15, -0.1) is 0 Å². The normalized spacial score (nSPS) is 33.6. The van der Waals surface area contributed by atoms with Crippen LogP contribution in [-0.4, -0.2) is 47.0 Å². The fourth-order valence-electron chi connectivity index (χ4n) is 7.26. The van der Waals surface area contributed by atoms with Crippen molar-refractivity contribution in [3.05, 3.63) is 35.6 Å². The number of rotatable bonds is 5. The van der Waals surface area contributed by atoms with E-state index in [2.05, 4.69) is 22.0 Å². The highest BCUT2D eigenvalue weighted by Crippen LogP contribution is 2.55. The molecule has 4 nitrogen and oxygen atoms in total. The number of hydrogen-bond acceptors (Lipinski definition) is 2. The topological polar surface area (TPSA) is 35.6 Å². The van der Waals surface area contributed by atoms with Crippen LogP contribution in [0.4, 0.5) is 9.18 Å². The summed E-state index contributed by atoms with van der Waals surface area (Å²) < 4.78 is 13.4. The molecule has 30 heavy (non-hydrogen) atoms. The second-order valence-electron chi connectivity index (χ2n) is 10.5. The molecule has 1 aliphatic heterocycles. The Labute approximate surface area is 180 Å². The van der Waals surface area contributed by atoms with Gasteiger partial charge in [-0.2, -0.15) is 0 Å². The van der Waals surface area contributed by atoms with Gasteiger partial charge in [0.2, 0.25) is 0 Å². The molecule has 5 aliphatic rings. The van der Waals surface area contributed by atoms with Crippen molar-refractivity contribution in [2.45, 2.75) is 76.4 Å². The first-order valence-electron chi connectivity index (χ1n) is 12.1. The van der Waals surface area contributed by atoms with Gasteiger partial charge in [-0.3, -0.25) is 0 Å². The number of halogens is 1. The molecule has 5 heteroatoms. The van der Waals surface area contributed by atoms with Crippen molar-refractivity contribution in [2.24, 2.45) is 17.8 Å². The highest BCUT2D eigenvalue weighted by molar-refractivity contribution is 5.75. The number of carbonyl (C=O) groups excluding carboxylic acids is 1. The molecule has 0 spiro atoms. The Balaban J connectivity index is 1.33. The van der Waals surface area contributed by atoms with E-state index in [1.165, 1.54) is 50.7 Å². The summed E-state index contributed by atoms with van der Waals surface area (Å²) in [6.45, 7) is 5.94. The predicted molar refractivity (Wildman–Crippen MR) is 117 cm³/mol. The molecule has 6 rings (SSSR count). The van der Waals surface area contributed by atoms with Crippen LogP contribution in [0.3, 0.4) is 0 Å². The number of nitrogens with zero attached hydrogens (tertiary/aromatic N) is 2. The number of nitrogens with one attached hydrogen (secondary N) is 1. The molecular formula is C25H36FN3O. The summed E-state index contributed by atoms with van der Waals surface area (Å²) in [6.07, 6.45) is 9.68. The average Bonchev–Trinajstić information content (AvgIpc) is 2.72. The van der Waals surface area contributed by atoms with Crippen LogP contribution < -0.4 is 5.32 Å². The van der Waals surface area contributed by atoms with E-state index in [0.717, 1.165) is 55.8 Å². The van der Waals surface area contributed by atoms with E-state index in [4.69, 9.17) is 0 Å². The van der Waals surface area contributed by atoms with Crippen molar-refractivity contribution in [1.82, 2.24) is 15.1 Å². The molecular weight excluding hydrogens is 377 g/mol. The van der Waals surface area contributed by atoms with E-state index in [9.17, 15) is 9.18 Å². The van der Waals surface area contributed by atoms with Crippen molar-refractivity contribution in [3.8, 4) is 0 Å². The summed E-state index contributed by atoms with van der Waals surface area (Å²) >= 11 is 0. The highest BCUT2D eigenvalue weighted by Gasteiger charge is 2.52. The summed E-state index contributed by atoms with van der Waals surface area (Å²) in [5, 5.41) is 3.58. The zero-order valence-corrected chi connectivity index (χ0v) is 18.3. The van der Waals surface area contributed by atoms with Crippen molar-refractivity contribution in [2.75, 3.05) is 19.6 Å². The van der Waals surface area contributed by atoms with Gasteiger partial charge < -0.3 is 15.1 Å². The van der Waals surface area contributed by atoms with Gasteiger partial charge in [-0.05, 0) is 93.4 Å². The molecule has 4 saturated carbocycles. The van der Waals surface area contributed by atoms with Crippen LogP contribution in [0.5, 0.6) is 0 Å². The van der Waals surface area contributed by atoms with Gasteiger partial charge in [-0.1, -0.05) is 19.1 Å². The van der Waals surface area contributed by atoms with E-state index in [-0.39, 0.29) is 23.4 Å². The smallest absolute Gasteiger partial charge is 0.318 e. The van der Waals surface area contributed by atoms with Gasteiger partial charge in [0.05, 0.1) is 0 Å². The summed E-state index contributed by atoms with van der Waals surface area (Å²) in [5.74, 6) is 2.22. The Kier molecular flexibility index (Phi) is 5.51. The molecule has 4 bridgehead atoms. The van der Waals surface area contributed by atoms with Crippen LogP contribution in [-0.2, 0) is 6.54 Å². The molecule has 1 aromatic rings. The number of urea groups is 1. The number of likely N-dealkylation sites (tertiary alicyclic amines) is 1. The van der Waals surface area contributed by atoms with E-state index in [1.54, 1.807) is 0 Å². The van der Waals surface area contributed by atoms with Crippen LogP contribution in [0.1, 0.15) is 63.9 Å². The summed E-state index contributed by atoms with van der Waals surface area (Å²) in [5.41, 5.74) is 1.03. The van der Waals surface area contributed by atoms with Crippen molar-refractivity contribution in [3.63, 3.8) is 0 Å². The lowest BCUT2D eigenvalue weighted by Crippen LogP contribution is -2.63. The molecule has 1 N–H and O–H groups in total. The molecule has 1 aromatic carbocycles. The minimum Gasteiger partial charge on any atom is -0.333 e. The minimum absolute atomic E-state index is 0.0248. The largest absolute Gasteiger partial charge is 0.333 e. The number of amides is 2. The lowest BCUT2D eigenvalue weighted by atomic mass is 9.53. The average molecular weight is 414 g/mol. The second-order valence-corrected chi connectivity index (χ2v) is 10.5. The third-order valence-corrected chi connectivity index (χ3v) is 8.38. The van der Waals surface area contributed by atoms with E-state index in [0.29, 0.717) is 6.54 Å².